The third-order valence-corrected chi connectivity index (χ3v) is 3.88. The van der Waals surface area contributed by atoms with E-state index in [9.17, 15) is 4.79 Å². The fourth-order valence-corrected chi connectivity index (χ4v) is 2.48. The molecule has 140 valence electrons. The van der Waals surface area contributed by atoms with Gasteiger partial charge in [-0.15, -0.1) is 0 Å². The molecule has 2 rings (SSSR count). The molecule has 0 aliphatic heterocycles. The molecular formula is C20H27N3O3. The Balaban J connectivity index is 1.85. The van der Waals surface area contributed by atoms with Crippen LogP contribution in [0.4, 0.5) is 5.82 Å². The number of hydrogen-bond acceptors (Lipinski definition) is 5. The lowest BCUT2D eigenvalue weighted by Crippen LogP contribution is -2.24. The van der Waals surface area contributed by atoms with Crippen LogP contribution in [0.1, 0.15) is 40.5 Å². The van der Waals surface area contributed by atoms with Crippen LogP contribution in [0, 0.1) is 0 Å². The molecule has 1 amide bonds. The molecule has 0 unspecified atom stereocenters. The van der Waals surface area contributed by atoms with Gasteiger partial charge in [-0.2, -0.15) is 0 Å². The number of benzene rings is 1. The first kappa shape index (κ1) is 19.9. The summed E-state index contributed by atoms with van der Waals surface area (Å²) < 4.78 is 10.5. The Hall–Kier alpha value is -2.44. The number of methoxy groups -OCH3 is 1. The van der Waals surface area contributed by atoms with E-state index in [1.54, 1.807) is 19.2 Å². The Labute approximate surface area is 154 Å². The number of aromatic nitrogens is 1. The molecule has 1 heterocycles. The second-order valence-electron chi connectivity index (χ2n) is 6.03. The zero-order valence-corrected chi connectivity index (χ0v) is 15.5. The average Bonchev–Trinajstić information content (AvgIpc) is 2.65. The van der Waals surface area contributed by atoms with E-state index in [0.717, 1.165) is 31.6 Å². The second kappa shape index (κ2) is 10.5. The van der Waals surface area contributed by atoms with Crippen LogP contribution in [-0.2, 0) is 29.0 Å². The first-order chi connectivity index (χ1) is 12.6. The number of carbonyl (C=O) groups excluding carboxylic acids is 1. The van der Waals surface area contributed by atoms with Crippen LogP contribution in [0.5, 0.6) is 0 Å². The topological polar surface area (TPSA) is 86.5 Å². The van der Waals surface area contributed by atoms with Gasteiger partial charge in [-0.05, 0) is 36.1 Å². The minimum absolute atomic E-state index is 0.208. The lowest BCUT2D eigenvalue weighted by Gasteiger charge is -2.09. The van der Waals surface area contributed by atoms with E-state index in [1.165, 1.54) is 5.56 Å². The van der Waals surface area contributed by atoms with Crippen molar-refractivity contribution in [1.29, 1.82) is 0 Å². The second-order valence-corrected chi connectivity index (χ2v) is 6.03. The van der Waals surface area contributed by atoms with E-state index >= 15 is 0 Å². The summed E-state index contributed by atoms with van der Waals surface area (Å²) in [6.45, 7) is 4.43. The van der Waals surface area contributed by atoms with Gasteiger partial charge in [0.05, 0.1) is 24.5 Å². The molecule has 0 aliphatic rings. The number of amides is 1. The Morgan fingerprint density at radius 3 is 2.50 bits per heavy atom. The van der Waals surface area contributed by atoms with Crippen molar-refractivity contribution in [2.75, 3.05) is 26.1 Å². The summed E-state index contributed by atoms with van der Waals surface area (Å²) in [6, 6.07) is 11.6. The van der Waals surface area contributed by atoms with Crippen molar-refractivity contribution < 1.29 is 14.3 Å². The van der Waals surface area contributed by atoms with Gasteiger partial charge in [-0.25, -0.2) is 4.98 Å². The first-order valence-corrected chi connectivity index (χ1v) is 8.82. The number of nitrogens with zero attached hydrogens (tertiary/aromatic N) is 1. The zero-order chi connectivity index (χ0) is 18.8. The molecular weight excluding hydrogens is 330 g/mol. The van der Waals surface area contributed by atoms with Gasteiger partial charge < -0.3 is 20.5 Å². The van der Waals surface area contributed by atoms with Gasteiger partial charge in [0.15, 0.2) is 0 Å². The van der Waals surface area contributed by atoms with Gasteiger partial charge in [0.25, 0.3) is 5.91 Å². The molecule has 0 atom stereocenters. The first-order valence-electron chi connectivity index (χ1n) is 8.82. The van der Waals surface area contributed by atoms with Crippen LogP contribution >= 0.6 is 0 Å². The molecule has 0 saturated heterocycles. The van der Waals surface area contributed by atoms with Gasteiger partial charge in [0.2, 0.25) is 0 Å². The van der Waals surface area contributed by atoms with Crippen LogP contribution in [0.3, 0.4) is 0 Å². The van der Waals surface area contributed by atoms with Gasteiger partial charge in [-0.1, -0.05) is 31.2 Å². The Bertz CT molecular complexity index is 702. The maximum atomic E-state index is 12.3. The quantitative estimate of drug-likeness (QED) is 0.639. The van der Waals surface area contributed by atoms with Gasteiger partial charge in [0, 0.05) is 20.3 Å². The van der Waals surface area contributed by atoms with E-state index in [4.69, 9.17) is 15.2 Å². The number of nitrogen functional groups attached to an aromatic ring is 1. The maximum Gasteiger partial charge on any atom is 0.255 e. The van der Waals surface area contributed by atoms with Crippen molar-refractivity contribution in [3.8, 4) is 0 Å². The lowest BCUT2D eigenvalue weighted by atomic mass is 10.1. The number of pyridine rings is 1. The fraction of sp³-hybridized carbons (Fsp3) is 0.400. The lowest BCUT2D eigenvalue weighted by molar-refractivity contribution is 0.0951. The average molecular weight is 357 g/mol. The summed E-state index contributed by atoms with van der Waals surface area (Å²) in [6.07, 6.45) is 1.93. The smallest absolute Gasteiger partial charge is 0.255 e. The maximum absolute atomic E-state index is 12.3. The highest BCUT2D eigenvalue weighted by molar-refractivity contribution is 5.98. The highest BCUT2D eigenvalue weighted by atomic mass is 16.5. The number of carbonyl (C=O) groups is 1. The summed E-state index contributed by atoms with van der Waals surface area (Å²) in [4.78, 5) is 16.5. The predicted molar refractivity (Wildman–Crippen MR) is 102 cm³/mol. The molecule has 26 heavy (non-hydrogen) atoms. The molecule has 2 aromatic rings. The van der Waals surface area contributed by atoms with Crippen LogP contribution in [-0.4, -0.2) is 31.2 Å². The standard InChI is InChI=1S/C20H27N3O3/c1-3-11-26-12-10-15-4-6-16(7-5-15)13-22-20(24)18-9-8-17(14-25-2)23-19(18)21/h4-9H,3,10-14H2,1-2H3,(H2,21,23)(H,22,24). The van der Waals surface area contributed by atoms with Gasteiger partial charge in [-0.3, -0.25) is 4.79 Å². The number of nitrogens with two attached hydrogens (primary N) is 1. The molecule has 0 bridgehead atoms. The highest BCUT2D eigenvalue weighted by Crippen LogP contribution is 2.11. The molecule has 0 fully saturated rings. The Kier molecular flexibility index (Phi) is 8.05. The molecule has 1 aromatic carbocycles. The largest absolute Gasteiger partial charge is 0.383 e. The van der Waals surface area contributed by atoms with Crippen molar-refractivity contribution in [2.24, 2.45) is 0 Å². The normalized spacial score (nSPS) is 10.7. The number of ether oxygens (including phenoxy) is 2. The molecule has 3 N–H and O–H groups in total. The molecule has 0 spiro atoms. The number of nitrogens with one attached hydrogen (secondary N) is 1. The van der Waals surface area contributed by atoms with E-state index < -0.39 is 0 Å². The van der Waals surface area contributed by atoms with Crippen LogP contribution in [0.2, 0.25) is 0 Å². The van der Waals surface area contributed by atoms with Crippen LogP contribution in [0.15, 0.2) is 36.4 Å². The minimum Gasteiger partial charge on any atom is -0.383 e. The van der Waals surface area contributed by atoms with Crippen molar-refractivity contribution >= 4 is 11.7 Å². The third-order valence-electron chi connectivity index (χ3n) is 3.88. The summed E-state index contributed by atoms with van der Waals surface area (Å²) in [5.74, 6) is -0.0320. The number of anilines is 1. The highest BCUT2D eigenvalue weighted by Gasteiger charge is 2.11. The molecule has 6 heteroatoms. The monoisotopic (exact) mass is 357 g/mol. The fourth-order valence-electron chi connectivity index (χ4n) is 2.48. The number of hydrogen-bond donors (Lipinski definition) is 2. The van der Waals surface area contributed by atoms with Gasteiger partial charge >= 0.3 is 0 Å². The van der Waals surface area contributed by atoms with E-state index in [-0.39, 0.29) is 11.7 Å². The van der Waals surface area contributed by atoms with Crippen molar-refractivity contribution in [1.82, 2.24) is 10.3 Å². The van der Waals surface area contributed by atoms with Gasteiger partial charge in [0.1, 0.15) is 5.82 Å². The molecule has 0 saturated carbocycles. The van der Waals surface area contributed by atoms with E-state index in [2.05, 4.69) is 29.4 Å². The molecule has 6 nitrogen and oxygen atoms in total. The zero-order valence-electron chi connectivity index (χ0n) is 15.5. The Morgan fingerprint density at radius 2 is 1.85 bits per heavy atom. The van der Waals surface area contributed by atoms with E-state index in [0.29, 0.717) is 24.4 Å². The predicted octanol–water partition coefficient (Wildman–Crippen LogP) is 2.71. The van der Waals surface area contributed by atoms with Crippen molar-refractivity contribution in [2.45, 2.75) is 32.9 Å². The molecule has 1 aromatic heterocycles. The summed E-state index contributed by atoms with van der Waals surface area (Å²) in [7, 11) is 1.59. The molecule has 0 aliphatic carbocycles. The van der Waals surface area contributed by atoms with Crippen LogP contribution < -0.4 is 11.1 Å². The van der Waals surface area contributed by atoms with Crippen molar-refractivity contribution in [3.63, 3.8) is 0 Å². The van der Waals surface area contributed by atoms with Crippen molar-refractivity contribution in [3.05, 3.63) is 58.8 Å². The number of rotatable bonds is 10. The SMILES string of the molecule is CCCOCCc1ccc(CNC(=O)c2ccc(COC)nc2N)cc1. The van der Waals surface area contributed by atoms with E-state index in [1.807, 2.05) is 12.1 Å². The Morgan fingerprint density at radius 1 is 1.12 bits per heavy atom. The summed E-state index contributed by atoms with van der Waals surface area (Å²) in [5, 5.41) is 2.87. The minimum atomic E-state index is -0.240. The molecule has 0 radical (unpaired) electrons. The summed E-state index contributed by atoms with van der Waals surface area (Å²) in [5.41, 5.74) is 9.18. The third kappa shape index (κ3) is 6.13. The van der Waals surface area contributed by atoms with Crippen LogP contribution in [0.25, 0.3) is 0 Å². The summed E-state index contributed by atoms with van der Waals surface area (Å²) >= 11 is 0.